The average molecular weight is 309 g/mol. The Balaban J connectivity index is 2.08. The van der Waals surface area contributed by atoms with Crippen LogP contribution in [0.15, 0.2) is 60.7 Å². The summed E-state index contributed by atoms with van der Waals surface area (Å²) in [6.45, 7) is 0. The molecule has 1 nitrogen and oxygen atoms in total. The van der Waals surface area contributed by atoms with Gasteiger partial charge in [0, 0.05) is 5.56 Å². The van der Waals surface area contributed by atoms with E-state index < -0.39 is 0 Å². The van der Waals surface area contributed by atoms with Crippen LogP contribution in [0.2, 0.25) is 0 Å². The van der Waals surface area contributed by atoms with Crippen LogP contribution in [-0.2, 0) is 0 Å². The van der Waals surface area contributed by atoms with E-state index in [2.05, 4.69) is 22.6 Å². The second kappa shape index (κ2) is 5.16. The van der Waals surface area contributed by atoms with Gasteiger partial charge in [0.25, 0.3) is 0 Å². The first kappa shape index (κ1) is 10.5. The Labute approximate surface area is 103 Å². The van der Waals surface area contributed by atoms with Gasteiger partial charge in [0.15, 0.2) is 0 Å². The molecule has 0 fully saturated rings. The lowest BCUT2D eigenvalue weighted by Crippen LogP contribution is -1.99. The minimum Gasteiger partial charge on any atom is -0.467 e. The lowest BCUT2D eigenvalue weighted by molar-refractivity contribution is 0.419. The van der Waals surface area contributed by atoms with Crippen molar-refractivity contribution in [2.45, 2.75) is 0 Å². The summed E-state index contributed by atoms with van der Waals surface area (Å²) in [5.41, 5.74) is 1.10. The van der Waals surface area contributed by atoms with Gasteiger partial charge in [-0.2, -0.15) is 0 Å². The molecule has 0 bridgehead atoms. The minimum absolute atomic E-state index is 0.866. The predicted octanol–water partition coefficient (Wildman–Crippen LogP) is 4.04. The summed E-state index contributed by atoms with van der Waals surface area (Å²) in [5, 5.41) is 0. The van der Waals surface area contributed by atoms with E-state index in [9.17, 15) is 0 Å². The quantitative estimate of drug-likeness (QED) is 0.778. The Hall–Kier alpha value is -1.03. The van der Waals surface area contributed by atoms with Crippen LogP contribution in [0, 0.1) is 4.11 Å². The Bertz CT molecular complexity index is 399. The zero-order chi connectivity index (χ0) is 10.5. The molecule has 0 unspecified atom stereocenters. The van der Waals surface area contributed by atoms with Gasteiger partial charge in [-0.3, -0.25) is 0 Å². The molecule has 0 amide bonds. The third-order valence-electron chi connectivity index (χ3n) is 1.95. The maximum atomic E-state index is 5.70. The molecule has 2 rings (SSSR count). The van der Waals surface area contributed by atoms with E-state index in [0.29, 0.717) is 0 Å². The Morgan fingerprint density at radius 1 is 0.800 bits per heavy atom. The summed E-state index contributed by atoms with van der Waals surface area (Å²) in [6.07, 6.45) is 0. The van der Waals surface area contributed by atoms with Crippen molar-refractivity contribution in [1.82, 2.24) is 0 Å². The average Bonchev–Trinajstić information content (AvgIpc) is 2.31. The summed E-state index contributed by atoms with van der Waals surface area (Å²) >= 11 is 2.21. The van der Waals surface area contributed by atoms with Crippen molar-refractivity contribution in [3.05, 3.63) is 70.3 Å². The van der Waals surface area contributed by atoms with Crippen molar-refractivity contribution in [3.8, 4) is 5.75 Å². The topological polar surface area (TPSA) is 9.23 Å². The van der Waals surface area contributed by atoms with Crippen molar-refractivity contribution in [1.29, 1.82) is 0 Å². The van der Waals surface area contributed by atoms with E-state index in [1.165, 1.54) is 0 Å². The normalized spacial score (nSPS) is 10.3. The largest absolute Gasteiger partial charge is 0.467 e. The zero-order valence-electron chi connectivity index (χ0n) is 8.06. The predicted molar refractivity (Wildman–Crippen MR) is 69.9 cm³/mol. The molecule has 75 valence electrons. The summed E-state index contributed by atoms with van der Waals surface area (Å²) in [5.74, 6) is 0.866. The molecule has 2 aromatic rings. The van der Waals surface area contributed by atoms with Crippen molar-refractivity contribution < 1.29 is 4.74 Å². The van der Waals surface area contributed by atoms with Crippen molar-refractivity contribution >= 4 is 22.6 Å². The minimum atomic E-state index is 0.866. The third-order valence-corrected chi connectivity index (χ3v) is 2.79. The van der Waals surface area contributed by atoms with E-state index in [0.717, 1.165) is 15.4 Å². The lowest BCUT2D eigenvalue weighted by Gasteiger charge is -2.11. The van der Waals surface area contributed by atoms with Crippen molar-refractivity contribution in [2.24, 2.45) is 0 Å². The third kappa shape index (κ3) is 2.96. The SMILES string of the molecule is I[C](Oc1ccccc1)c1ccccc1. The second-order valence-corrected chi connectivity index (χ2v) is 4.03. The van der Waals surface area contributed by atoms with Crippen LogP contribution in [0.4, 0.5) is 0 Å². The highest BCUT2D eigenvalue weighted by atomic mass is 127. The fourth-order valence-corrected chi connectivity index (χ4v) is 1.83. The number of ether oxygens (including phenoxy) is 1. The first-order valence-electron chi connectivity index (χ1n) is 4.67. The number of halogens is 1. The molecule has 0 heterocycles. The molecule has 0 spiro atoms. The molecule has 2 heteroatoms. The Kier molecular flexibility index (Phi) is 3.61. The molecule has 0 aliphatic rings. The van der Waals surface area contributed by atoms with Gasteiger partial charge in [0.1, 0.15) is 5.75 Å². The summed E-state index contributed by atoms with van der Waals surface area (Å²) in [6, 6.07) is 19.9. The van der Waals surface area contributed by atoms with Crippen LogP contribution in [0.5, 0.6) is 5.75 Å². The molecule has 0 saturated heterocycles. The molecular weight excluding hydrogens is 299 g/mol. The van der Waals surface area contributed by atoms with E-state index in [4.69, 9.17) is 4.74 Å². The first-order valence-corrected chi connectivity index (χ1v) is 5.75. The van der Waals surface area contributed by atoms with Crippen LogP contribution in [0.1, 0.15) is 5.56 Å². The number of hydrogen-bond donors (Lipinski definition) is 0. The van der Waals surface area contributed by atoms with Crippen molar-refractivity contribution in [3.63, 3.8) is 0 Å². The summed E-state index contributed by atoms with van der Waals surface area (Å²) in [4.78, 5) is 0. The highest BCUT2D eigenvalue weighted by Crippen LogP contribution is 2.25. The van der Waals surface area contributed by atoms with Crippen LogP contribution < -0.4 is 4.74 Å². The molecule has 0 saturated carbocycles. The van der Waals surface area contributed by atoms with Gasteiger partial charge in [-0.15, -0.1) is 0 Å². The zero-order valence-corrected chi connectivity index (χ0v) is 10.2. The molecule has 0 atom stereocenters. The Morgan fingerprint density at radius 3 is 1.93 bits per heavy atom. The van der Waals surface area contributed by atoms with Crippen LogP contribution in [-0.4, -0.2) is 0 Å². The number of benzene rings is 2. The molecule has 2 aromatic carbocycles. The molecule has 1 radical (unpaired) electrons. The van der Waals surface area contributed by atoms with Gasteiger partial charge < -0.3 is 4.74 Å². The standard InChI is InChI=1S/C13H10IO/c14-13(11-7-3-1-4-8-11)15-12-9-5-2-6-10-12/h1-10H. The smallest absolute Gasteiger partial charge is 0.236 e. The molecule has 0 aromatic heterocycles. The van der Waals surface area contributed by atoms with Crippen LogP contribution in [0.25, 0.3) is 0 Å². The van der Waals surface area contributed by atoms with Gasteiger partial charge in [0.2, 0.25) is 4.11 Å². The fraction of sp³-hybridized carbons (Fsp3) is 0. The van der Waals surface area contributed by atoms with Crippen LogP contribution >= 0.6 is 22.6 Å². The van der Waals surface area contributed by atoms with E-state index in [-0.39, 0.29) is 0 Å². The van der Waals surface area contributed by atoms with Gasteiger partial charge in [-0.05, 0) is 34.7 Å². The molecule has 15 heavy (non-hydrogen) atoms. The highest BCUT2D eigenvalue weighted by molar-refractivity contribution is 14.1. The number of para-hydroxylation sites is 1. The first-order chi connectivity index (χ1) is 7.36. The second-order valence-electron chi connectivity index (χ2n) is 3.05. The molecular formula is C13H10IO. The van der Waals surface area contributed by atoms with E-state index >= 15 is 0 Å². The summed E-state index contributed by atoms with van der Waals surface area (Å²) in [7, 11) is 0. The fourth-order valence-electron chi connectivity index (χ4n) is 1.22. The Morgan fingerprint density at radius 2 is 1.33 bits per heavy atom. The number of hydrogen-bond acceptors (Lipinski definition) is 1. The maximum absolute atomic E-state index is 5.70. The van der Waals surface area contributed by atoms with Gasteiger partial charge in [-0.1, -0.05) is 48.5 Å². The lowest BCUT2D eigenvalue weighted by atomic mass is 10.2. The van der Waals surface area contributed by atoms with Gasteiger partial charge >= 0.3 is 0 Å². The van der Waals surface area contributed by atoms with E-state index in [1.54, 1.807) is 0 Å². The van der Waals surface area contributed by atoms with Gasteiger partial charge in [-0.25, -0.2) is 0 Å². The van der Waals surface area contributed by atoms with Crippen molar-refractivity contribution in [2.75, 3.05) is 0 Å². The summed E-state index contributed by atoms with van der Waals surface area (Å²) < 4.78 is 6.59. The highest BCUT2D eigenvalue weighted by Gasteiger charge is 2.09. The maximum Gasteiger partial charge on any atom is 0.236 e. The number of rotatable bonds is 3. The molecule has 0 aliphatic carbocycles. The molecule has 0 aliphatic heterocycles. The molecule has 0 N–H and O–H groups in total. The van der Waals surface area contributed by atoms with Gasteiger partial charge in [0.05, 0.1) is 0 Å². The van der Waals surface area contributed by atoms with E-state index in [1.807, 2.05) is 60.7 Å². The van der Waals surface area contributed by atoms with Crippen LogP contribution in [0.3, 0.4) is 0 Å². The monoisotopic (exact) mass is 309 g/mol.